The van der Waals surface area contributed by atoms with E-state index in [0.29, 0.717) is 5.57 Å². The molecule has 0 bridgehead atoms. The van der Waals surface area contributed by atoms with E-state index in [9.17, 15) is 14.4 Å². The minimum absolute atomic E-state index is 0.0726. The van der Waals surface area contributed by atoms with Gasteiger partial charge in [0.2, 0.25) is 11.8 Å². The molecule has 0 saturated carbocycles. The number of allylic oxidation sites excluding steroid dienone is 2. The van der Waals surface area contributed by atoms with E-state index >= 15 is 0 Å². The van der Waals surface area contributed by atoms with Gasteiger partial charge in [0, 0.05) is 24.8 Å². The average Bonchev–Trinajstić information content (AvgIpc) is 2.42. The fourth-order valence-electron chi connectivity index (χ4n) is 2.09. The number of carbonyl (C=O) groups excluding carboxylic acids is 3. The second kappa shape index (κ2) is 4.57. The largest absolute Gasteiger partial charge is 0.370 e. The number of carbonyl (C=O) groups is 3. The van der Waals surface area contributed by atoms with Crippen molar-refractivity contribution in [1.82, 2.24) is 10.4 Å². The van der Waals surface area contributed by atoms with E-state index in [4.69, 9.17) is 11.0 Å². The summed E-state index contributed by atoms with van der Waals surface area (Å²) in [5.41, 5.74) is 6.65. The van der Waals surface area contributed by atoms with Crippen LogP contribution in [-0.4, -0.2) is 28.3 Å². The Hall–Kier alpha value is -2.62. The van der Waals surface area contributed by atoms with Crippen molar-refractivity contribution in [3.05, 3.63) is 23.8 Å². The number of hydrogen-bond donors (Lipinski definition) is 2. The second-order valence-electron chi connectivity index (χ2n) is 4.40. The predicted molar refractivity (Wildman–Crippen MR) is 63.6 cm³/mol. The van der Waals surface area contributed by atoms with Gasteiger partial charge in [-0.25, -0.2) is 5.01 Å². The average molecular weight is 260 g/mol. The van der Waals surface area contributed by atoms with Crippen LogP contribution in [0.25, 0.3) is 0 Å². The molecule has 98 valence electrons. The van der Waals surface area contributed by atoms with Crippen LogP contribution in [0.1, 0.15) is 19.3 Å². The Labute approximate surface area is 109 Å². The Kier molecular flexibility index (Phi) is 3.09. The van der Waals surface area contributed by atoms with Crippen molar-refractivity contribution in [1.29, 1.82) is 5.26 Å². The molecule has 3 amide bonds. The highest BCUT2D eigenvalue weighted by Crippen LogP contribution is 2.34. The molecule has 0 radical (unpaired) electrons. The first-order valence-corrected chi connectivity index (χ1v) is 5.70. The third-order valence-corrected chi connectivity index (χ3v) is 3.11. The van der Waals surface area contributed by atoms with E-state index in [1.165, 1.54) is 5.01 Å². The maximum absolute atomic E-state index is 11.9. The van der Waals surface area contributed by atoms with E-state index in [1.807, 2.05) is 6.07 Å². The molecule has 1 saturated heterocycles. The zero-order valence-corrected chi connectivity index (χ0v) is 10.0. The van der Waals surface area contributed by atoms with Crippen molar-refractivity contribution in [3.8, 4) is 6.07 Å². The molecule has 0 aromatic rings. The highest BCUT2D eigenvalue weighted by Gasteiger charge is 2.55. The molecule has 0 unspecified atom stereocenters. The second-order valence-corrected chi connectivity index (χ2v) is 4.40. The molecule has 1 heterocycles. The smallest absolute Gasteiger partial charge is 0.270 e. The van der Waals surface area contributed by atoms with Crippen molar-refractivity contribution in [2.75, 3.05) is 0 Å². The zero-order chi connectivity index (χ0) is 14.0. The van der Waals surface area contributed by atoms with Crippen LogP contribution in [0.3, 0.4) is 0 Å². The Morgan fingerprint density at radius 2 is 2.26 bits per heavy atom. The molecule has 7 heteroatoms. The van der Waals surface area contributed by atoms with Crippen LogP contribution in [0.2, 0.25) is 0 Å². The van der Waals surface area contributed by atoms with E-state index in [2.05, 4.69) is 5.43 Å². The summed E-state index contributed by atoms with van der Waals surface area (Å²) in [6.07, 6.45) is 4.75. The summed E-state index contributed by atoms with van der Waals surface area (Å²) in [7, 11) is 0. The molecule has 7 nitrogen and oxygen atoms in total. The topological polar surface area (TPSA) is 116 Å². The molecule has 1 aliphatic heterocycles. The first kappa shape index (κ1) is 12.8. The van der Waals surface area contributed by atoms with Gasteiger partial charge >= 0.3 is 0 Å². The van der Waals surface area contributed by atoms with Crippen molar-refractivity contribution in [2.45, 2.75) is 24.8 Å². The predicted octanol–water partition coefficient (Wildman–Crippen LogP) is -0.726. The highest BCUT2D eigenvalue weighted by molar-refractivity contribution is 6.01. The van der Waals surface area contributed by atoms with Gasteiger partial charge in [-0.05, 0) is 12.2 Å². The fraction of sp³-hybridized carbons (Fsp3) is 0.333. The number of nitrogens with one attached hydrogen (secondary N) is 1. The summed E-state index contributed by atoms with van der Waals surface area (Å²) in [5.74, 6) is -1.31. The lowest BCUT2D eigenvalue weighted by atomic mass is 9.82. The van der Waals surface area contributed by atoms with E-state index < -0.39 is 17.4 Å². The molecular formula is C12H12N4O3. The number of nitrogens with two attached hydrogens (primary N) is 1. The van der Waals surface area contributed by atoms with Crippen LogP contribution in [0.5, 0.6) is 0 Å². The van der Waals surface area contributed by atoms with E-state index in [1.54, 1.807) is 18.2 Å². The number of hydrogen-bond acceptors (Lipinski definition) is 4. The summed E-state index contributed by atoms with van der Waals surface area (Å²) in [6.45, 7) is 0. The van der Waals surface area contributed by atoms with Crippen LogP contribution in [0.4, 0.5) is 0 Å². The van der Waals surface area contributed by atoms with Gasteiger partial charge in [0.15, 0.2) is 5.54 Å². The van der Waals surface area contributed by atoms with Gasteiger partial charge in [0.05, 0.1) is 6.07 Å². The van der Waals surface area contributed by atoms with Gasteiger partial charge in [0.1, 0.15) is 0 Å². The number of primary amides is 1. The maximum atomic E-state index is 11.9. The summed E-state index contributed by atoms with van der Waals surface area (Å²) in [6, 6.07) is 1.98. The summed E-state index contributed by atoms with van der Waals surface area (Å²) >= 11 is 0. The standard InChI is InChI=1S/C12H12N4O3/c13-7-8-2-1-5-12(6-8)11(19)15-16(12)10(18)4-3-9(14)17/h1-2,5H,3-4,6H2,(H2,14,17)(H,15,19)/t12-/m1/s1. The first-order valence-electron chi connectivity index (χ1n) is 5.70. The van der Waals surface area contributed by atoms with Gasteiger partial charge in [-0.3, -0.25) is 19.8 Å². The number of amides is 3. The molecule has 1 aliphatic carbocycles. The number of nitriles is 1. The molecular weight excluding hydrogens is 248 g/mol. The Bertz CT molecular complexity index is 558. The monoisotopic (exact) mass is 260 g/mol. The quantitative estimate of drug-likeness (QED) is 0.696. The van der Waals surface area contributed by atoms with Crippen LogP contribution in [0.15, 0.2) is 23.8 Å². The molecule has 0 aromatic heterocycles. The molecule has 2 rings (SSSR count). The van der Waals surface area contributed by atoms with Crippen molar-refractivity contribution in [3.63, 3.8) is 0 Å². The van der Waals surface area contributed by atoms with Crippen LogP contribution < -0.4 is 11.2 Å². The summed E-state index contributed by atoms with van der Waals surface area (Å²) in [5, 5.41) is 10.0. The molecule has 19 heavy (non-hydrogen) atoms. The minimum Gasteiger partial charge on any atom is -0.370 e. The molecule has 3 N–H and O–H groups in total. The lowest BCUT2D eigenvalue weighted by Gasteiger charge is -2.49. The van der Waals surface area contributed by atoms with Gasteiger partial charge in [-0.15, -0.1) is 0 Å². The SMILES string of the molecule is N#CC1=CC=C[C@@]2(C1)C(=O)NN2C(=O)CCC(N)=O. The van der Waals surface area contributed by atoms with Crippen molar-refractivity contribution >= 4 is 17.7 Å². The third kappa shape index (κ3) is 2.08. The van der Waals surface area contributed by atoms with Gasteiger partial charge < -0.3 is 5.73 Å². The Morgan fingerprint density at radius 3 is 2.84 bits per heavy atom. The third-order valence-electron chi connectivity index (χ3n) is 3.11. The first-order chi connectivity index (χ1) is 8.99. The maximum Gasteiger partial charge on any atom is 0.270 e. The molecule has 2 aliphatic rings. The Morgan fingerprint density at radius 1 is 1.53 bits per heavy atom. The number of hydrazine groups is 1. The van der Waals surface area contributed by atoms with Gasteiger partial charge in [0.25, 0.3) is 5.91 Å². The van der Waals surface area contributed by atoms with Crippen molar-refractivity contribution < 1.29 is 14.4 Å². The van der Waals surface area contributed by atoms with Crippen LogP contribution >= 0.6 is 0 Å². The van der Waals surface area contributed by atoms with Gasteiger partial charge in [-0.1, -0.05) is 6.08 Å². The van der Waals surface area contributed by atoms with E-state index in [-0.39, 0.29) is 25.2 Å². The molecule has 0 aromatic carbocycles. The van der Waals surface area contributed by atoms with E-state index in [0.717, 1.165) is 0 Å². The fourth-order valence-corrected chi connectivity index (χ4v) is 2.09. The summed E-state index contributed by atoms with van der Waals surface area (Å²) < 4.78 is 0. The minimum atomic E-state index is -1.13. The van der Waals surface area contributed by atoms with Crippen molar-refractivity contribution in [2.24, 2.45) is 5.73 Å². The zero-order valence-electron chi connectivity index (χ0n) is 10.0. The molecule has 1 spiro atoms. The highest BCUT2D eigenvalue weighted by atomic mass is 16.2. The number of nitrogens with zero attached hydrogens (tertiary/aromatic N) is 2. The normalized spacial score (nSPS) is 24.3. The van der Waals surface area contributed by atoms with Gasteiger partial charge in [-0.2, -0.15) is 5.26 Å². The van der Waals surface area contributed by atoms with Crippen LogP contribution in [0, 0.1) is 11.3 Å². The molecule has 1 atom stereocenters. The lowest BCUT2D eigenvalue weighted by Crippen LogP contribution is -2.77. The summed E-state index contributed by atoms with van der Waals surface area (Å²) in [4.78, 5) is 34.3. The molecule has 1 fully saturated rings. The van der Waals surface area contributed by atoms with Crippen LogP contribution in [-0.2, 0) is 14.4 Å². The number of rotatable bonds is 3. The lowest BCUT2D eigenvalue weighted by molar-refractivity contribution is -0.171. The Balaban J connectivity index is 2.13.